The van der Waals surface area contributed by atoms with Crippen molar-refractivity contribution in [1.82, 2.24) is 48.2 Å². The predicted octanol–water partition coefficient (Wildman–Crippen LogP) is 22.1. The predicted molar refractivity (Wildman–Crippen MR) is 410 cm³/mol. The van der Waals surface area contributed by atoms with Crippen LogP contribution in [0.5, 0.6) is 0 Å². The Morgan fingerprint density at radius 2 is 0.410 bits per heavy atom. The third kappa shape index (κ3) is 9.96. The minimum absolute atomic E-state index is 0.0135. The van der Waals surface area contributed by atoms with Crippen molar-refractivity contribution in [2.45, 2.75) is 0 Å². The van der Waals surface area contributed by atoms with E-state index >= 15 is 0 Å². The van der Waals surface area contributed by atoms with Gasteiger partial charge in [0.2, 0.25) is 0 Å². The topological polar surface area (TPSA) is 97.1 Å². The standard InChI is InChI=1S/2C45H29N5/c2*1-4-14-30(15-5-1)43-46-44(31-16-6-2-7-17-31)48-45(47-43)32-24-26-34(27-25-32)50-40-23-13-11-21-36(40)38-28-41-37(29-42(38)50)35-20-10-12-22-39(35)49(41)33-18-8-3-9-19-33/h2*1-29H/i1D,2D,4D,5D,6D,7D,14D,15D,16D,17D,24D,25D,26D,27D;24D,25D,26D,27D. The molecule has 6 aromatic heterocycles. The number of nitrogens with zero attached hydrogens (tertiary/aromatic N) is 10. The number of fused-ring (bicyclic) bond motifs is 12. The Kier molecular flexibility index (Phi) is 10.2. The van der Waals surface area contributed by atoms with Crippen molar-refractivity contribution in [3.8, 4) is 91.1 Å². The second kappa shape index (κ2) is 24.2. The van der Waals surface area contributed by atoms with Gasteiger partial charge >= 0.3 is 0 Å². The monoisotopic (exact) mass is 1300 g/mol. The first-order valence-electron chi connectivity index (χ1n) is 41.1. The number of benzene rings is 14. The summed E-state index contributed by atoms with van der Waals surface area (Å²) in [6.07, 6.45) is 0. The zero-order valence-electron chi connectivity index (χ0n) is 70.6. The molecule has 0 aliphatic rings. The summed E-state index contributed by atoms with van der Waals surface area (Å²) in [5.41, 5.74) is 8.78. The molecule has 0 radical (unpaired) electrons. The third-order valence-electron chi connectivity index (χ3n) is 17.9. The van der Waals surface area contributed by atoms with E-state index in [1.165, 1.54) is 0 Å². The summed E-state index contributed by atoms with van der Waals surface area (Å²) in [5, 5.41) is 7.38. The molecule has 0 N–H and O–H groups in total. The molecule has 0 spiro atoms. The molecule has 0 atom stereocenters. The van der Waals surface area contributed by atoms with Gasteiger partial charge in [-0.1, -0.05) is 230 Å². The van der Waals surface area contributed by atoms with Crippen LogP contribution in [0.1, 0.15) is 24.7 Å². The maximum absolute atomic E-state index is 9.54. The second-order valence-corrected chi connectivity index (χ2v) is 23.6. The molecular weight excluding hydrogens is 1220 g/mol. The molecular formula is C90H58N10. The van der Waals surface area contributed by atoms with E-state index < -0.39 is 119 Å². The van der Waals surface area contributed by atoms with Crippen molar-refractivity contribution in [3.05, 3.63) is 351 Å². The zero-order valence-corrected chi connectivity index (χ0v) is 52.6. The lowest BCUT2D eigenvalue weighted by Gasteiger charge is -2.11. The second-order valence-electron chi connectivity index (χ2n) is 23.6. The van der Waals surface area contributed by atoms with E-state index in [4.69, 9.17) is 28.7 Å². The van der Waals surface area contributed by atoms with Crippen LogP contribution in [0.2, 0.25) is 0 Å². The van der Waals surface area contributed by atoms with E-state index in [9.17, 15) is 11.0 Å². The van der Waals surface area contributed by atoms with Crippen molar-refractivity contribution in [2.24, 2.45) is 0 Å². The van der Waals surface area contributed by atoms with Gasteiger partial charge in [-0.2, -0.15) is 0 Å². The first kappa shape index (κ1) is 42.0. The molecule has 468 valence electrons. The van der Waals surface area contributed by atoms with Gasteiger partial charge in [0.25, 0.3) is 0 Å². The van der Waals surface area contributed by atoms with Crippen LogP contribution < -0.4 is 0 Å². The average molecular weight is 1300 g/mol. The van der Waals surface area contributed by atoms with Crippen molar-refractivity contribution >= 4 is 87.2 Å². The molecule has 14 aromatic carbocycles. The first-order chi connectivity index (χ1) is 57.1. The fraction of sp³-hybridized carbons (Fsp3) is 0. The van der Waals surface area contributed by atoms with Gasteiger partial charge in [-0.15, -0.1) is 0 Å². The Hall–Kier alpha value is -13.7. The Labute approximate surface area is 600 Å². The molecule has 20 rings (SSSR count). The zero-order chi connectivity index (χ0) is 81.7. The molecule has 10 nitrogen and oxygen atoms in total. The summed E-state index contributed by atoms with van der Waals surface area (Å²) in [6.45, 7) is 0. The van der Waals surface area contributed by atoms with E-state index in [1.54, 1.807) is 4.57 Å². The molecule has 0 aliphatic heterocycles. The maximum Gasteiger partial charge on any atom is 0.164 e. The Bertz CT molecular complexity index is 7410. The van der Waals surface area contributed by atoms with Crippen LogP contribution in [0, 0.1) is 0 Å². The molecule has 0 unspecified atom stereocenters. The molecule has 0 bridgehead atoms. The summed E-state index contributed by atoms with van der Waals surface area (Å²) in [6, 6.07) is 68.9. The number of aromatic nitrogens is 10. The SMILES string of the molecule is [2H]c1c([2H])c(-n2c3ccccc3c3cc4c(cc32)c2ccccc2n4-c2ccccc2)c([2H])c([2H])c1-c1nc(-c2ccccc2)nc(-c2ccccc2)n1.[2H]c1c([2H])c([2H])c(-c2nc(-c3c([2H])c([2H])c([2H])c([2H])c3[2H])nc(-c3c([2H])c([2H])c(-n4c5ccccc5c5cc6c(cc54)c4ccccc4n6-c4ccccc4)c([2H])c3[2H])n2)c([2H])c1[2H]. The smallest absolute Gasteiger partial charge is 0.164 e. The van der Waals surface area contributed by atoms with E-state index in [-0.39, 0.29) is 46.9 Å². The highest BCUT2D eigenvalue weighted by molar-refractivity contribution is 6.20. The highest BCUT2D eigenvalue weighted by Gasteiger charge is 2.22. The van der Waals surface area contributed by atoms with Crippen molar-refractivity contribution < 1.29 is 24.7 Å². The van der Waals surface area contributed by atoms with E-state index in [0.29, 0.717) is 22.7 Å². The lowest BCUT2D eigenvalue weighted by molar-refractivity contribution is 1.07. The average Bonchev–Trinajstić information content (AvgIpc) is 1.55. The summed E-state index contributed by atoms with van der Waals surface area (Å²) in [4.78, 5) is 27.3. The van der Waals surface area contributed by atoms with Crippen LogP contribution in [0.4, 0.5) is 0 Å². The molecule has 100 heavy (non-hydrogen) atoms. The van der Waals surface area contributed by atoms with Gasteiger partial charge in [-0.25, -0.2) is 29.9 Å². The van der Waals surface area contributed by atoms with Gasteiger partial charge in [0.1, 0.15) is 0 Å². The molecule has 20 aromatic rings. The Morgan fingerprint density at radius 3 is 0.700 bits per heavy atom. The maximum atomic E-state index is 9.54. The summed E-state index contributed by atoms with van der Waals surface area (Å²) >= 11 is 0. The first-order valence-corrected chi connectivity index (χ1v) is 32.1. The molecule has 0 aliphatic carbocycles. The molecule has 0 saturated carbocycles. The van der Waals surface area contributed by atoms with E-state index in [1.807, 2.05) is 205 Å². The minimum Gasteiger partial charge on any atom is -0.309 e. The van der Waals surface area contributed by atoms with Gasteiger partial charge in [0.15, 0.2) is 34.9 Å². The quantitative estimate of drug-likeness (QED) is 0.135. The van der Waals surface area contributed by atoms with Gasteiger partial charge < -0.3 is 18.3 Å². The lowest BCUT2D eigenvalue weighted by Crippen LogP contribution is -2.00. The highest BCUT2D eigenvalue weighted by atomic mass is 15.1. The Balaban J connectivity index is 0.000000159. The van der Waals surface area contributed by atoms with Crippen LogP contribution in [0.15, 0.2) is 351 Å². The number of hydrogen-bond acceptors (Lipinski definition) is 6. The highest BCUT2D eigenvalue weighted by Crippen LogP contribution is 2.43. The largest absolute Gasteiger partial charge is 0.309 e. The lowest BCUT2D eigenvalue weighted by atomic mass is 10.1. The van der Waals surface area contributed by atoms with Gasteiger partial charge in [0, 0.05) is 99.2 Å². The summed E-state index contributed by atoms with van der Waals surface area (Å²) in [7, 11) is 0. The van der Waals surface area contributed by atoms with Crippen LogP contribution in [-0.4, -0.2) is 48.2 Å². The molecule has 10 heteroatoms. The minimum atomic E-state index is -0.732. The molecule has 0 fully saturated rings. The van der Waals surface area contributed by atoms with Gasteiger partial charge in [-0.3, -0.25) is 0 Å². The van der Waals surface area contributed by atoms with E-state index in [0.717, 1.165) is 98.7 Å². The summed E-state index contributed by atoms with van der Waals surface area (Å²) < 4.78 is 168. The van der Waals surface area contributed by atoms with Crippen LogP contribution in [-0.2, 0) is 0 Å². The fourth-order valence-corrected chi connectivity index (χ4v) is 13.5. The molecule has 0 amide bonds. The van der Waals surface area contributed by atoms with Crippen molar-refractivity contribution in [3.63, 3.8) is 0 Å². The molecule has 0 saturated heterocycles. The van der Waals surface area contributed by atoms with Gasteiger partial charge in [-0.05, 0) is 121 Å². The third-order valence-corrected chi connectivity index (χ3v) is 17.9. The fourth-order valence-electron chi connectivity index (χ4n) is 13.5. The van der Waals surface area contributed by atoms with Gasteiger partial charge in [0.05, 0.1) is 68.8 Å². The number of rotatable bonds is 10. The number of hydrogen-bond donors (Lipinski definition) is 0. The summed E-state index contributed by atoms with van der Waals surface area (Å²) in [5.74, 6) is -0.927. The van der Waals surface area contributed by atoms with Crippen LogP contribution in [0.3, 0.4) is 0 Å². The van der Waals surface area contributed by atoms with Crippen molar-refractivity contribution in [1.29, 1.82) is 0 Å². The Morgan fingerprint density at radius 1 is 0.180 bits per heavy atom. The molecule has 6 heterocycles. The van der Waals surface area contributed by atoms with Crippen molar-refractivity contribution in [2.75, 3.05) is 0 Å². The van der Waals surface area contributed by atoms with Crippen LogP contribution >= 0.6 is 0 Å². The normalized spacial score (nSPS) is 14.1. The number of para-hydroxylation sites is 6. The van der Waals surface area contributed by atoms with Crippen LogP contribution in [0.25, 0.3) is 178 Å². The van der Waals surface area contributed by atoms with E-state index in [2.05, 4.69) is 66.6 Å².